The van der Waals surface area contributed by atoms with Crippen molar-refractivity contribution in [1.29, 1.82) is 0 Å². The van der Waals surface area contributed by atoms with E-state index in [1.54, 1.807) is 25.2 Å². The second-order valence-corrected chi connectivity index (χ2v) is 7.69. The summed E-state index contributed by atoms with van der Waals surface area (Å²) < 4.78 is 7.72. The van der Waals surface area contributed by atoms with Crippen LogP contribution in [0.3, 0.4) is 0 Å². The van der Waals surface area contributed by atoms with Crippen LogP contribution in [0.1, 0.15) is 15.9 Å². The lowest BCUT2D eigenvalue weighted by molar-refractivity contribution is 0.0827. The minimum absolute atomic E-state index is 0.0165. The Morgan fingerprint density at radius 3 is 2.77 bits per heavy atom. The van der Waals surface area contributed by atoms with Gasteiger partial charge in [-0.2, -0.15) is 0 Å². The molecular formula is C24H23N5O2. The third kappa shape index (κ3) is 3.60. The van der Waals surface area contributed by atoms with Crippen LogP contribution in [0.4, 0.5) is 11.4 Å². The Balaban J connectivity index is 1.46. The van der Waals surface area contributed by atoms with Crippen molar-refractivity contribution < 1.29 is 9.53 Å². The summed E-state index contributed by atoms with van der Waals surface area (Å²) in [5.74, 6) is 0.913. The number of hydrogen-bond donors (Lipinski definition) is 2. The SMILES string of the molecule is CN(C)C(=O)c1ccc(Nc2ccc(-c3ccc4c(c3)CNCO4)n3ccnc23)cc1. The van der Waals surface area contributed by atoms with Crippen molar-refractivity contribution in [3.63, 3.8) is 0 Å². The van der Waals surface area contributed by atoms with E-state index in [0.29, 0.717) is 12.3 Å². The van der Waals surface area contributed by atoms with Gasteiger partial charge in [0.25, 0.3) is 5.91 Å². The molecule has 0 atom stereocenters. The predicted molar refractivity (Wildman–Crippen MR) is 121 cm³/mol. The summed E-state index contributed by atoms with van der Waals surface area (Å²) in [6.07, 6.45) is 3.76. The maximum atomic E-state index is 12.1. The summed E-state index contributed by atoms with van der Waals surface area (Å²) in [5.41, 5.74) is 6.58. The molecule has 2 aromatic heterocycles. The first-order valence-corrected chi connectivity index (χ1v) is 10.1. The fourth-order valence-corrected chi connectivity index (χ4v) is 3.79. The van der Waals surface area contributed by atoms with Crippen molar-refractivity contribution in [2.75, 3.05) is 26.1 Å². The van der Waals surface area contributed by atoms with Crippen molar-refractivity contribution in [3.8, 4) is 17.0 Å². The van der Waals surface area contributed by atoms with Crippen molar-refractivity contribution in [2.24, 2.45) is 0 Å². The summed E-state index contributed by atoms with van der Waals surface area (Å²) in [6.45, 7) is 1.34. The van der Waals surface area contributed by atoms with E-state index in [0.717, 1.165) is 46.1 Å². The third-order valence-corrected chi connectivity index (χ3v) is 5.37. The normalized spacial score (nSPS) is 12.8. The molecule has 156 valence electrons. The standard InChI is InChI=1S/C24H23N5O2/c1-28(2)24(30)16-3-6-19(7-4-16)27-20-8-9-21(29-12-11-26-23(20)29)17-5-10-22-18(13-17)14-25-15-31-22/h3-13,25,27H,14-15H2,1-2H3. The minimum atomic E-state index is -0.0165. The molecule has 1 amide bonds. The molecule has 0 radical (unpaired) electrons. The van der Waals surface area contributed by atoms with E-state index in [9.17, 15) is 4.79 Å². The summed E-state index contributed by atoms with van der Waals surface area (Å²) in [4.78, 5) is 18.2. The number of rotatable bonds is 4. The van der Waals surface area contributed by atoms with E-state index in [2.05, 4.69) is 38.2 Å². The van der Waals surface area contributed by atoms with Crippen LogP contribution in [-0.4, -0.2) is 41.0 Å². The highest BCUT2D eigenvalue weighted by Gasteiger charge is 2.14. The van der Waals surface area contributed by atoms with Gasteiger partial charge in [0.15, 0.2) is 5.65 Å². The number of fused-ring (bicyclic) bond motifs is 2. The zero-order chi connectivity index (χ0) is 21.4. The average Bonchev–Trinajstić information content (AvgIpc) is 3.29. The summed E-state index contributed by atoms with van der Waals surface area (Å²) in [6, 6.07) is 17.8. The van der Waals surface area contributed by atoms with Gasteiger partial charge < -0.3 is 15.0 Å². The lowest BCUT2D eigenvalue weighted by Crippen LogP contribution is -2.25. The van der Waals surface area contributed by atoms with Gasteiger partial charge in [-0.25, -0.2) is 4.98 Å². The largest absolute Gasteiger partial charge is 0.478 e. The number of hydrogen-bond acceptors (Lipinski definition) is 5. The second-order valence-electron chi connectivity index (χ2n) is 7.69. The van der Waals surface area contributed by atoms with Crippen molar-refractivity contribution in [3.05, 3.63) is 78.1 Å². The molecule has 0 unspecified atom stereocenters. The fourth-order valence-electron chi connectivity index (χ4n) is 3.79. The zero-order valence-electron chi connectivity index (χ0n) is 17.4. The first-order chi connectivity index (χ1) is 15.1. The molecule has 1 aliphatic rings. The minimum Gasteiger partial charge on any atom is -0.478 e. The molecule has 5 rings (SSSR count). The van der Waals surface area contributed by atoms with E-state index in [1.165, 1.54) is 0 Å². The molecule has 4 aromatic rings. The number of nitrogens with zero attached hydrogens (tertiary/aromatic N) is 3. The second kappa shape index (κ2) is 7.77. The Bertz CT molecular complexity index is 1260. The van der Waals surface area contributed by atoms with Crippen molar-refractivity contribution in [2.45, 2.75) is 6.54 Å². The number of carbonyl (C=O) groups is 1. The Hall–Kier alpha value is -3.84. The number of pyridine rings is 1. The monoisotopic (exact) mass is 413 g/mol. The van der Waals surface area contributed by atoms with E-state index in [1.807, 2.05) is 42.6 Å². The van der Waals surface area contributed by atoms with Crippen LogP contribution in [0.2, 0.25) is 0 Å². The zero-order valence-corrected chi connectivity index (χ0v) is 17.4. The van der Waals surface area contributed by atoms with E-state index >= 15 is 0 Å². The number of amides is 1. The number of carbonyl (C=O) groups excluding carboxylic acids is 1. The van der Waals surface area contributed by atoms with Crippen LogP contribution in [0, 0.1) is 0 Å². The number of aromatic nitrogens is 2. The Kier molecular flexibility index (Phi) is 4.80. The molecule has 0 bridgehead atoms. The number of imidazole rings is 1. The molecule has 3 heterocycles. The smallest absolute Gasteiger partial charge is 0.253 e. The van der Waals surface area contributed by atoms with Gasteiger partial charge in [-0.3, -0.25) is 14.5 Å². The molecule has 1 aliphatic heterocycles. The summed E-state index contributed by atoms with van der Waals surface area (Å²) in [7, 11) is 3.49. The fraction of sp³-hybridized carbons (Fsp3) is 0.167. The van der Waals surface area contributed by atoms with E-state index < -0.39 is 0 Å². The number of nitrogens with one attached hydrogen (secondary N) is 2. The molecular weight excluding hydrogens is 390 g/mol. The van der Waals surface area contributed by atoms with E-state index in [4.69, 9.17) is 4.74 Å². The number of anilines is 2. The highest BCUT2D eigenvalue weighted by molar-refractivity contribution is 5.94. The maximum Gasteiger partial charge on any atom is 0.253 e. The van der Waals surface area contributed by atoms with Gasteiger partial charge in [-0.1, -0.05) is 0 Å². The number of benzene rings is 2. The quantitative estimate of drug-likeness (QED) is 0.531. The summed E-state index contributed by atoms with van der Waals surface area (Å²) in [5, 5.41) is 6.65. The van der Waals surface area contributed by atoms with Gasteiger partial charge in [0.05, 0.1) is 11.4 Å². The van der Waals surface area contributed by atoms with Crippen LogP contribution in [0.15, 0.2) is 67.0 Å². The van der Waals surface area contributed by atoms with Crippen LogP contribution in [-0.2, 0) is 6.54 Å². The Morgan fingerprint density at radius 2 is 1.97 bits per heavy atom. The molecule has 0 saturated heterocycles. The molecule has 2 N–H and O–H groups in total. The van der Waals surface area contributed by atoms with Crippen LogP contribution >= 0.6 is 0 Å². The molecule has 0 saturated carbocycles. The molecule has 7 heteroatoms. The molecule has 0 aliphatic carbocycles. The van der Waals surface area contributed by atoms with Gasteiger partial charge >= 0.3 is 0 Å². The predicted octanol–water partition coefficient (Wildman–Crippen LogP) is 3.89. The Labute approximate surface area is 180 Å². The van der Waals surface area contributed by atoms with Crippen LogP contribution in [0.5, 0.6) is 5.75 Å². The van der Waals surface area contributed by atoms with Crippen LogP contribution < -0.4 is 15.4 Å². The highest BCUT2D eigenvalue weighted by Crippen LogP contribution is 2.31. The average molecular weight is 413 g/mol. The molecule has 7 nitrogen and oxygen atoms in total. The summed E-state index contributed by atoms with van der Waals surface area (Å²) >= 11 is 0. The lowest BCUT2D eigenvalue weighted by atomic mass is 10.1. The van der Waals surface area contributed by atoms with Gasteiger partial charge in [0, 0.05) is 49.8 Å². The highest BCUT2D eigenvalue weighted by atomic mass is 16.5. The van der Waals surface area contributed by atoms with Crippen molar-refractivity contribution >= 4 is 22.9 Å². The van der Waals surface area contributed by atoms with Gasteiger partial charge in [0.2, 0.25) is 0 Å². The van der Waals surface area contributed by atoms with Gasteiger partial charge in [-0.05, 0) is 60.2 Å². The first-order valence-electron chi connectivity index (χ1n) is 10.1. The van der Waals surface area contributed by atoms with Gasteiger partial charge in [-0.15, -0.1) is 0 Å². The topological polar surface area (TPSA) is 70.9 Å². The maximum absolute atomic E-state index is 12.1. The first kappa shape index (κ1) is 19.1. The molecule has 0 spiro atoms. The van der Waals surface area contributed by atoms with Crippen molar-refractivity contribution in [1.82, 2.24) is 19.6 Å². The molecule has 31 heavy (non-hydrogen) atoms. The Morgan fingerprint density at radius 1 is 1.13 bits per heavy atom. The van der Waals surface area contributed by atoms with E-state index in [-0.39, 0.29) is 5.91 Å². The van der Waals surface area contributed by atoms with Crippen LogP contribution in [0.25, 0.3) is 16.9 Å². The third-order valence-electron chi connectivity index (χ3n) is 5.37. The lowest BCUT2D eigenvalue weighted by Gasteiger charge is -2.19. The molecule has 0 fully saturated rings. The number of ether oxygens (including phenoxy) is 1. The molecule has 2 aromatic carbocycles. The van der Waals surface area contributed by atoms with Gasteiger partial charge in [0.1, 0.15) is 12.5 Å².